The van der Waals surface area contributed by atoms with E-state index in [1.165, 1.54) is 12.1 Å². The highest BCUT2D eigenvalue weighted by Crippen LogP contribution is 2.23. The highest BCUT2D eigenvalue weighted by atomic mass is 79.9. The average molecular weight is 282 g/mol. The molecule has 3 nitrogen and oxygen atoms in total. The quantitative estimate of drug-likeness (QED) is 0.874. The number of benzene rings is 1. The van der Waals surface area contributed by atoms with E-state index in [1.54, 1.807) is 19.2 Å². The van der Waals surface area contributed by atoms with Crippen LogP contribution in [0.2, 0.25) is 0 Å². The fraction of sp³-hybridized carbons (Fsp3) is 0.0909. The highest BCUT2D eigenvalue weighted by Gasteiger charge is 2.07. The van der Waals surface area contributed by atoms with E-state index in [0.717, 1.165) is 11.1 Å². The third-order valence-electron chi connectivity index (χ3n) is 2.20. The normalized spacial score (nSPS) is 10.4. The molecule has 16 heavy (non-hydrogen) atoms. The van der Waals surface area contributed by atoms with Crippen LogP contribution < -0.4 is 5.73 Å². The Morgan fingerprint density at radius 1 is 1.38 bits per heavy atom. The predicted octanol–water partition coefficient (Wildman–Crippen LogP) is 2.94. The first-order chi connectivity index (χ1) is 7.58. The van der Waals surface area contributed by atoms with Crippen molar-refractivity contribution in [2.75, 3.05) is 5.73 Å². The topological polar surface area (TPSA) is 51.8 Å². The van der Waals surface area contributed by atoms with Gasteiger partial charge in [-0.2, -0.15) is 0 Å². The maximum Gasteiger partial charge on any atom is 0.161 e. The summed E-state index contributed by atoms with van der Waals surface area (Å²) in [6.07, 6.45) is 1.58. The van der Waals surface area contributed by atoms with E-state index in [4.69, 9.17) is 5.73 Å². The maximum atomic E-state index is 12.9. The molecule has 0 aliphatic carbocycles. The third kappa shape index (κ3) is 2.04. The monoisotopic (exact) mass is 281 g/mol. The summed E-state index contributed by atoms with van der Waals surface area (Å²) in [7, 11) is 0. The van der Waals surface area contributed by atoms with E-state index in [-0.39, 0.29) is 5.82 Å². The van der Waals surface area contributed by atoms with Gasteiger partial charge in [-0.25, -0.2) is 14.4 Å². The summed E-state index contributed by atoms with van der Waals surface area (Å²) in [6.45, 7) is 1.81. The molecule has 82 valence electrons. The molecule has 0 bridgehead atoms. The van der Waals surface area contributed by atoms with Gasteiger partial charge in [-0.05, 0) is 46.6 Å². The van der Waals surface area contributed by atoms with Crippen molar-refractivity contribution in [3.63, 3.8) is 0 Å². The van der Waals surface area contributed by atoms with Gasteiger partial charge in [0.05, 0.1) is 4.47 Å². The molecule has 1 aromatic carbocycles. The van der Waals surface area contributed by atoms with Crippen molar-refractivity contribution in [1.82, 2.24) is 9.97 Å². The van der Waals surface area contributed by atoms with E-state index in [1.807, 2.05) is 0 Å². The van der Waals surface area contributed by atoms with Crippen LogP contribution in [-0.2, 0) is 0 Å². The summed E-state index contributed by atoms with van der Waals surface area (Å²) in [6, 6.07) is 4.47. The van der Waals surface area contributed by atoms with E-state index < -0.39 is 0 Å². The Balaban J connectivity index is 2.54. The van der Waals surface area contributed by atoms with Crippen LogP contribution >= 0.6 is 15.9 Å². The summed E-state index contributed by atoms with van der Waals surface area (Å²) in [5.74, 6) is 0.596. The Labute approximate surface area is 101 Å². The van der Waals surface area contributed by atoms with Crippen molar-refractivity contribution in [1.29, 1.82) is 0 Å². The zero-order valence-corrected chi connectivity index (χ0v) is 10.1. The maximum absolute atomic E-state index is 12.9. The third-order valence-corrected chi connectivity index (χ3v) is 2.81. The first-order valence-electron chi connectivity index (χ1n) is 4.62. The van der Waals surface area contributed by atoms with Gasteiger partial charge in [-0.1, -0.05) is 0 Å². The lowest BCUT2D eigenvalue weighted by Crippen LogP contribution is -1.97. The number of rotatable bonds is 1. The molecule has 2 aromatic rings. The number of nitrogens with two attached hydrogens (primary N) is 1. The lowest BCUT2D eigenvalue weighted by Gasteiger charge is -2.05. The predicted molar refractivity (Wildman–Crippen MR) is 64.3 cm³/mol. The SMILES string of the molecule is Cc1cc(F)ccc1-c1ncc(Br)c(N)n1. The number of halogens is 2. The molecule has 0 aliphatic heterocycles. The molecule has 0 fully saturated rings. The zero-order chi connectivity index (χ0) is 11.7. The lowest BCUT2D eigenvalue weighted by atomic mass is 10.1. The molecule has 5 heteroatoms. The van der Waals surface area contributed by atoms with Gasteiger partial charge < -0.3 is 5.73 Å². The standard InChI is InChI=1S/C11H9BrFN3/c1-6-4-7(13)2-3-8(6)11-15-5-9(12)10(14)16-11/h2-5H,1H3,(H2,14,15,16). The number of aromatic nitrogens is 2. The molecule has 0 unspecified atom stereocenters. The summed E-state index contributed by atoms with van der Waals surface area (Å²) >= 11 is 3.22. The Hall–Kier alpha value is -1.49. The van der Waals surface area contributed by atoms with Gasteiger partial charge in [0.1, 0.15) is 11.6 Å². The van der Waals surface area contributed by atoms with Crippen LogP contribution in [0.15, 0.2) is 28.9 Å². The summed E-state index contributed by atoms with van der Waals surface area (Å²) in [5, 5.41) is 0. The van der Waals surface area contributed by atoms with E-state index in [2.05, 4.69) is 25.9 Å². The van der Waals surface area contributed by atoms with Gasteiger partial charge >= 0.3 is 0 Å². The van der Waals surface area contributed by atoms with Gasteiger partial charge in [-0.3, -0.25) is 0 Å². The molecule has 0 spiro atoms. The van der Waals surface area contributed by atoms with Crippen molar-refractivity contribution >= 4 is 21.7 Å². The van der Waals surface area contributed by atoms with E-state index in [9.17, 15) is 4.39 Å². The average Bonchev–Trinajstić information content (AvgIpc) is 2.22. The smallest absolute Gasteiger partial charge is 0.161 e. The Morgan fingerprint density at radius 2 is 2.12 bits per heavy atom. The minimum atomic E-state index is -0.272. The zero-order valence-electron chi connectivity index (χ0n) is 8.54. The minimum Gasteiger partial charge on any atom is -0.383 e. The second-order valence-corrected chi connectivity index (χ2v) is 4.24. The van der Waals surface area contributed by atoms with Crippen molar-refractivity contribution in [3.8, 4) is 11.4 Å². The number of anilines is 1. The molecular formula is C11H9BrFN3. The summed E-state index contributed by atoms with van der Waals surface area (Å²) in [4.78, 5) is 8.27. The molecule has 0 saturated heterocycles. The lowest BCUT2D eigenvalue weighted by molar-refractivity contribution is 0.627. The number of nitrogen functional groups attached to an aromatic ring is 1. The number of aryl methyl sites for hydroxylation is 1. The summed E-state index contributed by atoms with van der Waals surface area (Å²) < 4.78 is 13.6. The molecule has 0 aliphatic rings. The van der Waals surface area contributed by atoms with Crippen molar-refractivity contribution in [2.45, 2.75) is 6.92 Å². The molecule has 0 saturated carbocycles. The van der Waals surface area contributed by atoms with Crippen LogP contribution in [0.3, 0.4) is 0 Å². The van der Waals surface area contributed by atoms with Crippen LogP contribution in [0.1, 0.15) is 5.56 Å². The summed E-state index contributed by atoms with van der Waals surface area (Å²) in [5.41, 5.74) is 7.22. The van der Waals surface area contributed by atoms with Crippen molar-refractivity contribution < 1.29 is 4.39 Å². The number of hydrogen-bond donors (Lipinski definition) is 1. The van der Waals surface area contributed by atoms with Crippen LogP contribution in [0.25, 0.3) is 11.4 Å². The molecule has 0 amide bonds. The fourth-order valence-electron chi connectivity index (χ4n) is 1.39. The first-order valence-corrected chi connectivity index (χ1v) is 5.42. The Kier molecular flexibility index (Phi) is 2.87. The molecule has 2 rings (SSSR count). The van der Waals surface area contributed by atoms with Crippen molar-refractivity contribution in [3.05, 3.63) is 40.2 Å². The number of nitrogens with zero attached hydrogens (tertiary/aromatic N) is 2. The van der Waals surface area contributed by atoms with Gasteiger partial charge in [0.15, 0.2) is 5.82 Å². The second kappa shape index (κ2) is 4.17. The molecule has 1 heterocycles. The van der Waals surface area contributed by atoms with E-state index >= 15 is 0 Å². The van der Waals surface area contributed by atoms with Crippen molar-refractivity contribution in [2.24, 2.45) is 0 Å². The van der Waals surface area contributed by atoms with Crippen LogP contribution in [0.5, 0.6) is 0 Å². The highest BCUT2D eigenvalue weighted by molar-refractivity contribution is 9.10. The van der Waals surface area contributed by atoms with Gasteiger partial charge in [0.25, 0.3) is 0 Å². The van der Waals surface area contributed by atoms with Gasteiger partial charge in [-0.15, -0.1) is 0 Å². The van der Waals surface area contributed by atoms with Gasteiger partial charge in [0.2, 0.25) is 0 Å². The van der Waals surface area contributed by atoms with E-state index in [0.29, 0.717) is 16.1 Å². The largest absolute Gasteiger partial charge is 0.383 e. The molecule has 0 atom stereocenters. The Morgan fingerprint density at radius 3 is 2.75 bits per heavy atom. The van der Waals surface area contributed by atoms with Crippen LogP contribution in [0, 0.1) is 12.7 Å². The molecular weight excluding hydrogens is 273 g/mol. The molecule has 2 N–H and O–H groups in total. The van der Waals surface area contributed by atoms with Crippen LogP contribution in [0.4, 0.5) is 10.2 Å². The number of hydrogen-bond acceptors (Lipinski definition) is 3. The molecule has 1 aromatic heterocycles. The minimum absolute atomic E-state index is 0.272. The van der Waals surface area contributed by atoms with Gasteiger partial charge in [0, 0.05) is 11.8 Å². The first kappa shape index (κ1) is 11.0. The molecule has 0 radical (unpaired) electrons. The fourth-order valence-corrected chi connectivity index (χ4v) is 1.58. The van der Waals surface area contributed by atoms with Crippen LogP contribution in [-0.4, -0.2) is 9.97 Å². The second-order valence-electron chi connectivity index (χ2n) is 3.39. The Bertz CT molecular complexity index is 543.